The lowest BCUT2D eigenvalue weighted by atomic mass is 9.95. The molecule has 2 nitrogen and oxygen atoms in total. The molecule has 0 atom stereocenters. The van der Waals surface area contributed by atoms with Gasteiger partial charge in [0.05, 0.1) is 28.1 Å². The molecule has 0 spiro atoms. The third-order valence-electron chi connectivity index (χ3n) is 14.2. The standard InChI is InChI=1S/C66H42N2S/c1-2-17-49-42-50(35-34-43(49)14-1)46-32-30-44(31-33-46)45-36-38-51(39-37-45)67(60-27-13-28-61-64(60)56-22-7-9-25-59(56)68(61)58-26-12-19-48-16-4-6-21-53(48)58)62-41-40-55(54-24-11-18-47-15-3-5-20-52(47)54)66-65(62)57-23-8-10-29-63(57)69-66/h1-42H. The summed E-state index contributed by atoms with van der Waals surface area (Å²) in [6.45, 7) is 0. The monoisotopic (exact) mass is 894 g/mol. The van der Waals surface area contributed by atoms with Gasteiger partial charge in [0.15, 0.2) is 0 Å². The first kappa shape index (κ1) is 39.4. The van der Waals surface area contributed by atoms with Crippen molar-refractivity contribution in [1.82, 2.24) is 4.57 Å². The zero-order chi connectivity index (χ0) is 45.4. The molecule has 2 heterocycles. The first-order valence-corrected chi connectivity index (χ1v) is 24.5. The van der Waals surface area contributed by atoms with Crippen molar-refractivity contribution in [3.63, 3.8) is 0 Å². The van der Waals surface area contributed by atoms with Crippen molar-refractivity contribution in [3.05, 3.63) is 255 Å². The number of para-hydroxylation sites is 1. The predicted octanol–water partition coefficient (Wildman–Crippen LogP) is 19.1. The van der Waals surface area contributed by atoms with Crippen molar-refractivity contribution in [2.75, 3.05) is 4.90 Å². The lowest BCUT2D eigenvalue weighted by Crippen LogP contribution is -2.11. The van der Waals surface area contributed by atoms with Crippen LogP contribution in [0.4, 0.5) is 17.1 Å². The lowest BCUT2D eigenvalue weighted by molar-refractivity contribution is 1.20. The Morgan fingerprint density at radius 2 is 0.870 bits per heavy atom. The number of rotatable bonds is 7. The van der Waals surface area contributed by atoms with Crippen LogP contribution < -0.4 is 4.90 Å². The minimum absolute atomic E-state index is 1.09. The summed E-state index contributed by atoms with van der Waals surface area (Å²) in [5.74, 6) is 0. The Bertz CT molecular complexity index is 4290. The largest absolute Gasteiger partial charge is 0.309 e. The number of nitrogens with zero attached hydrogens (tertiary/aromatic N) is 2. The van der Waals surface area contributed by atoms with E-state index in [0.29, 0.717) is 0 Å². The fourth-order valence-corrected chi connectivity index (χ4v) is 12.2. The van der Waals surface area contributed by atoms with Crippen LogP contribution in [0.5, 0.6) is 0 Å². The first-order chi connectivity index (χ1) is 34.2. The highest BCUT2D eigenvalue weighted by Gasteiger charge is 2.25. The third-order valence-corrected chi connectivity index (χ3v) is 15.4. The molecule has 69 heavy (non-hydrogen) atoms. The molecule has 0 fully saturated rings. The first-order valence-electron chi connectivity index (χ1n) is 23.7. The Morgan fingerprint density at radius 1 is 0.319 bits per heavy atom. The molecule has 0 saturated carbocycles. The van der Waals surface area contributed by atoms with Crippen molar-refractivity contribution >= 4 is 103 Å². The van der Waals surface area contributed by atoms with Crippen LogP contribution in [0, 0.1) is 0 Å². The van der Waals surface area contributed by atoms with Crippen LogP contribution in [0.2, 0.25) is 0 Å². The van der Waals surface area contributed by atoms with Crippen LogP contribution in [0.1, 0.15) is 0 Å². The molecule has 12 aromatic carbocycles. The molecule has 0 unspecified atom stereocenters. The summed E-state index contributed by atoms with van der Waals surface area (Å²) in [7, 11) is 0. The summed E-state index contributed by atoms with van der Waals surface area (Å²) in [5.41, 5.74) is 14.2. The Hall–Kier alpha value is -8.76. The van der Waals surface area contributed by atoms with Crippen LogP contribution in [0.3, 0.4) is 0 Å². The van der Waals surface area contributed by atoms with Crippen molar-refractivity contribution in [2.45, 2.75) is 0 Å². The number of anilines is 3. The molecule has 0 bridgehead atoms. The Morgan fingerprint density at radius 3 is 1.67 bits per heavy atom. The molecule has 0 aliphatic rings. The Kier molecular flexibility index (Phi) is 9.11. The van der Waals surface area contributed by atoms with Gasteiger partial charge in [-0.15, -0.1) is 11.3 Å². The number of fused-ring (bicyclic) bond motifs is 9. The van der Waals surface area contributed by atoms with Gasteiger partial charge in [-0.05, 0) is 109 Å². The van der Waals surface area contributed by atoms with Gasteiger partial charge in [0.2, 0.25) is 0 Å². The second-order valence-corrected chi connectivity index (χ2v) is 19.1. The number of hydrogen-bond acceptors (Lipinski definition) is 2. The van der Waals surface area contributed by atoms with Gasteiger partial charge < -0.3 is 9.47 Å². The maximum atomic E-state index is 2.53. The maximum absolute atomic E-state index is 2.53. The van der Waals surface area contributed by atoms with E-state index in [9.17, 15) is 0 Å². The second kappa shape index (κ2) is 16.0. The molecular formula is C66H42N2S. The lowest BCUT2D eigenvalue weighted by Gasteiger charge is -2.28. The smallest absolute Gasteiger partial charge is 0.0562 e. The van der Waals surface area contributed by atoms with Gasteiger partial charge in [-0.1, -0.05) is 200 Å². The van der Waals surface area contributed by atoms with E-state index in [1.807, 2.05) is 11.3 Å². The van der Waals surface area contributed by atoms with Crippen LogP contribution >= 0.6 is 11.3 Å². The van der Waals surface area contributed by atoms with Gasteiger partial charge >= 0.3 is 0 Å². The quantitative estimate of drug-likeness (QED) is 0.155. The SMILES string of the molecule is c1ccc2cc(-c3ccc(-c4ccc(N(c5ccc(-c6cccc7ccccc67)c6sc7ccccc7c56)c5cccc6c5c5ccccc5n6-c5cccc6ccccc56)cc4)cc3)ccc2c1. The van der Waals surface area contributed by atoms with Crippen molar-refractivity contribution in [3.8, 4) is 39.1 Å². The summed E-state index contributed by atoms with van der Waals surface area (Å²) in [6.07, 6.45) is 0. The van der Waals surface area contributed by atoms with E-state index in [4.69, 9.17) is 0 Å². The molecule has 322 valence electrons. The van der Waals surface area contributed by atoms with E-state index in [1.54, 1.807) is 0 Å². The van der Waals surface area contributed by atoms with Gasteiger partial charge in [-0.25, -0.2) is 0 Å². The van der Waals surface area contributed by atoms with Crippen molar-refractivity contribution < 1.29 is 0 Å². The van der Waals surface area contributed by atoms with Crippen molar-refractivity contribution in [1.29, 1.82) is 0 Å². The molecule has 0 aliphatic heterocycles. The number of thiophene rings is 1. The highest BCUT2D eigenvalue weighted by molar-refractivity contribution is 7.26. The average Bonchev–Trinajstić information content (AvgIpc) is 3.98. The molecule has 0 amide bonds. The summed E-state index contributed by atoms with van der Waals surface area (Å²) in [6, 6.07) is 93.8. The zero-order valence-corrected chi connectivity index (χ0v) is 38.4. The van der Waals surface area contributed by atoms with Crippen LogP contribution in [0.25, 0.3) is 113 Å². The van der Waals surface area contributed by atoms with E-state index in [-0.39, 0.29) is 0 Å². The van der Waals surface area contributed by atoms with Gasteiger partial charge in [0, 0.05) is 47.6 Å². The Balaban J connectivity index is 0.993. The maximum Gasteiger partial charge on any atom is 0.0562 e. The van der Waals surface area contributed by atoms with Crippen LogP contribution in [0.15, 0.2) is 255 Å². The molecule has 2 aromatic heterocycles. The number of aromatic nitrogens is 1. The minimum Gasteiger partial charge on any atom is -0.309 e. The molecular weight excluding hydrogens is 853 g/mol. The second-order valence-electron chi connectivity index (χ2n) is 18.0. The number of benzene rings is 12. The average molecular weight is 895 g/mol. The van der Waals surface area contributed by atoms with E-state index in [1.165, 1.54) is 108 Å². The zero-order valence-electron chi connectivity index (χ0n) is 37.6. The summed E-state index contributed by atoms with van der Waals surface area (Å²) in [5, 5.41) is 12.4. The molecule has 0 saturated heterocycles. The Labute approximate surface area is 403 Å². The van der Waals surface area contributed by atoms with E-state index < -0.39 is 0 Å². The van der Waals surface area contributed by atoms with E-state index in [0.717, 1.165) is 22.6 Å². The molecule has 3 heteroatoms. The van der Waals surface area contributed by atoms with E-state index in [2.05, 4.69) is 264 Å². The topological polar surface area (TPSA) is 8.17 Å². The highest BCUT2D eigenvalue weighted by atomic mass is 32.1. The fourth-order valence-electron chi connectivity index (χ4n) is 11.0. The normalized spacial score (nSPS) is 11.8. The van der Waals surface area contributed by atoms with Gasteiger partial charge in [0.1, 0.15) is 0 Å². The highest BCUT2D eigenvalue weighted by Crippen LogP contribution is 2.51. The molecule has 0 radical (unpaired) electrons. The summed E-state index contributed by atoms with van der Waals surface area (Å²) in [4.78, 5) is 2.53. The third kappa shape index (κ3) is 6.39. The van der Waals surface area contributed by atoms with Gasteiger partial charge in [-0.3, -0.25) is 0 Å². The van der Waals surface area contributed by atoms with Crippen LogP contribution in [-0.2, 0) is 0 Å². The van der Waals surface area contributed by atoms with Crippen LogP contribution in [-0.4, -0.2) is 4.57 Å². The molecule has 0 aliphatic carbocycles. The molecule has 14 rings (SSSR count). The van der Waals surface area contributed by atoms with Gasteiger partial charge in [-0.2, -0.15) is 0 Å². The number of hydrogen-bond donors (Lipinski definition) is 0. The molecule has 14 aromatic rings. The molecule has 0 N–H and O–H groups in total. The predicted molar refractivity (Wildman–Crippen MR) is 297 cm³/mol. The summed E-state index contributed by atoms with van der Waals surface area (Å²) >= 11 is 1.89. The minimum atomic E-state index is 1.09. The van der Waals surface area contributed by atoms with E-state index >= 15 is 0 Å². The van der Waals surface area contributed by atoms with Crippen molar-refractivity contribution in [2.24, 2.45) is 0 Å². The summed E-state index contributed by atoms with van der Waals surface area (Å²) < 4.78 is 5.02. The fraction of sp³-hybridized carbons (Fsp3) is 0. The van der Waals surface area contributed by atoms with Gasteiger partial charge in [0.25, 0.3) is 0 Å².